The Morgan fingerprint density at radius 2 is 2.11 bits per heavy atom. The smallest absolute Gasteiger partial charge is 0.321 e. The fraction of sp³-hybridized carbons (Fsp3) is 0.250. The van der Waals surface area contributed by atoms with Crippen molar-refractivity contribution in [2.75, 3.05) is 19.0 Å². The highest BCUT2D eigenvalue weighted by molar-refractivity contribution is 9.10. The average Bonchev–Trinajstić information content (AvgIpc) is 2.39. The van der Waals surface area contributed by atoms with Gasteiger partial charge in [0.05, 0.1) is 7.11 Å². The number of anilines is 1. The van der Waals surface area contributed by atoms with Crippen molar-refractivity contribution in [3.8, 4) is 17.4 Å². The maximum Gasteiger partial charge on any atom is 0.321 e. The molecule has 0 aliphatic rings. The maximum absolute atomic E-state index is 5.08. The molecule has 0 aliphatic carbocycles. The van der Waals surface area contributed by atoms with Crippen LogP contribution in [0.5, 0.6) is 6.01 Å². The van der Waals surface area contributed by atoms with E-state index < -0.39 is 0 Å². The second-order valence-corrected chi connectivity index (χ2v) is 4.43. The van der Waals surface area contributed by atoms with E-state index >= 15 is 0 Å². The third kappa shape index (κ3) is 2.95. The summed E-state index contributed by atoms with van der Waals surface area (Å²) in [5.74, 6) is 1.10. The van der Waals surface area contributed by atoms with E-state index in [0.717, 1.165) is 16.6 Å². The molecule has 1 heterocycles. The molecule has 0 amide bonds. The minimum absolute atomic E-state index is 0.302. The van der Waals surface area contributed by atoms with Gasteiger partial charge in [-0.1, -0.05) is 28.1 Å². The predicted octanol–water partition coefficient (Wildman–Crippen LogP) is 2.74. The first kappa shape index (κ1) is 12.8. The number of hydrogen-bond acceptors (Lipinski definition) is 5. The van der Waals surface area contributed by atoms with Gasteiger partial charge in [-0.3, -0.25) is 0 Å². The predicted molar refractivity (Wildman–Crippen MR) is 73.7 cm³/mol. The quantitative estimate of drug-likeness (QED) is 0.941. The third-order valence-corrected chi connectivity index (χ3v) is 2.71. The monoisotopic (exact) mass is 308 g/mol. The second-order valence-electron chi connectivity index (χ2n) is 3.51. The molecule has 1 aromatic heterocycles. The lowest BCUT2D eigenvalue weighted by molar-refractivity contribution is 0.379. The Kier molecular flexibility index (Phi) is 4.09. The lowest BCUT2D eigenvalue weighted by atomic mass is 10.2. The van der Waals surface area contributed by atoms with Gasteiger partial charge in [0.25, 0.3) is 0 Å². The van der Waals surface area contributed by atoms with E-state index in [2.05, 4.69) is 36.2 Å². The molecular formula is C12H13BrN4O. The molecule has 5 nitrogen and oxygen atoms in total. The zero-order valence-electron chi connectivity index (χ0n) is 10.1. The van der Waals surface area contributed by atoms with Crippen LogP contribution in [0.25, 0.3) is 11.4 Å². The van der Waals surface area contributed by atoms with Gasteiger partial charge in [0, 0.05) is 16.6 Å². The van der Waals surface area contributed by atoms with E-state index in [4.69, 9.17) is 4.74 Å². The lowest BCUT2D eigenvalue weighted by Crippen LogP contribution is -2.06. The average molecular weight is 309 g/mol. The molecule has 2 aromatic rings. The zero-order valence-corrected chi connectivity index (χ0v) is 11.7. The molecule has 1 N–H and O–H groups in total. The van der Waals surface area contributed by atoms with E-state index in [-0.39, 0.29) is 0 Å². The first-order valence-corrected chi connectivity index (χ1v) is 6.32. The van der Waals surface area contributed by atoms with Crippen molar-refractivity contribution < 1.29 is 4.74 Å². The lowest BCUT2D eigenvalue weighted by Gasteiger charge is -2.07. The molecule has 0 atom stereocenters. The van der Waals surface area contributed by atoms with Crippen molar-refractivity contribution in [2.24, 2.45) is 0 Å². The van der Waals surface area contributed by atoms with Crippen LogP contribution in [0.4, 0.5) is 5.95 Å². The van der Waals surface area contributed by atoms with Gasteiger partial charge in [-0.2, -0.15) is 15.0 Å². The molecule has 0 saturated heterocycles. The largest absolute Gasteiger partial charge is 0.467 e. The summed E-state index contributed by atoms with van der Waals surface area (Å²) in [4.78, 5) is 12.7. The van der Waals surface area contributed by atoms with E-state index in [9.17, 15) is 0 Å². The molecule has 0 bridgehead atoms. The number of ether oxygens (including phenoxy) is 1. The molecular weight excluding hydrogens is 296 g/mol. The van der Waals surface area contributed by atoms with Crippen LogP contribution in [0.3, 0.4) is 0 Å². The number of aromatic nitrogens is 3. The Bertz CT molecular complexity index is 547. The number of nitrogens with one attached hydrogen (secondary N) is 1. The van der Waals surface area contributed by atoms with Crippen LogP contribution in [-0.2, 0) is 0 Å². The van der Waals surface area contributed by atoms with Crippen LogP contribution < -0.4 is 10.1 Å². The number of hydrogen-bond donors (Lipinski definition) is 1. The van der Waals surface area contributed by atoms with Gasteiger partial charge in [0.2, 0.25) is 5.95 Å². The molecule has 0 fully saturated rings. The van der Waals surface area contributed by atoms with Gasteiger partial charge in [-0.25, -0.2) is 0 Å². The van der Waals surface area contributed by atoms with Gasteiger partial charge in [-0.05, 0) is 19.1 Å². The number of rotatable bonds is 4. The Balaban J connectivity index is 2.46. The van der Waals surface area contributed by atoms with E-state index in [1.807, 2.05) is 31.2 Å². The summed E-state index contributed by atoms with van der Waals surface area (Å²) < 4.78 is 6.06. The fourth-order valence-corrected chi connectivity index (χ4v) is 1.84. The van der Waals surface area contributed by atoms with Crippen molar-refractivity contribution in [3.05, 3.63) is 28.7 Å². The van der Waals surface area contributed by atoms with Crippen LogP contribution in [0.1, 0.15) is 6.92 Å². The highest BCUT2D eigenvalue weighted by Gasteiger charge is 2.08. The second kappa shape index (κ2) is 5.77. The first-order valence-electron chi connectivity index (χ1n) is 5.53. The molecule has 18 heavy (non-hydrogen) atoms. The molecule has 0 saturated carbocycles. The Hall–Kier alpha value is -1.69. The van der Waals surface area contributed by atoms with Crippen LogP contribution in [0.15, 0.2) is 28.7 Å². The van der Waals surface area contributed by atoms with Crippen molar-refractivity contribution >= 4 is 21.9 Å². The van der Waals surface area contributed by atoms with E-state index in [1.54, 1.807) is 0 Å². The van der Waals surface area contributed by atoms with Crippen LogP contribution >= 0.6 is 15.9 Å². The van der Waals surface area contributed by atoms with Crippen LogP contribution in [0.2, 0.25) is 0 Å². The first-order chi connectivity index (χ1) is 8.72. The normalized spacial score (nSPS) is 10.2. The van der Waals surface area contributed by atoms with Gasteiger partial charge < -0.3 is 10.1 Å². The molecule has 0 aliphatic heterocycles. The summed E-state index contributed by atoms with van der Waals surface area (Å²) in [6.07, 6.45) is 0. The summed E-state index contributed by atoms with van der Waals surface area (Å²) in [7, 11) is 1.54. The standard InChI is InChI=1S/C12H13BrN4O/c1-3-14-11-15-10(16-12(17-11)18-2)8-5-4-6-9(13)7-8/h4-7H,3H2,1-2H3,(H,14,15,16,17). The van der Waals surface area contributed by atoms with Crippen LogP contribution in [0, 0.1) is 0 Å². The topological polar surface area (TPSA) is 59.9 Å². The minimum Gasteiger partial charge on any atom is -0.467 e. The molecule has 0 spiro atoms. The maximum atomic E-state index is 5.08. The Morgan fingerprint density at radius 1 is 1.28 bits per heavy atom. The summed E-state index contributed by atoms with van der Waals surface area (Å²) in [5.41, 5.74) is 0.907. The SMILES string of the molecule is CCNc1nc(OC)nc(-c2cccc(Br)c2)n1. The van der Waals surface area contributed by atoms with Crippen molar-refractivity contribution in [1.29, 1.82) is 0 Å². The Labute approximate surface area is 114 Å². The summed E-state index contributed by atoms with van der Waals surface area (Å²) in [6.45, 7) is 2.72. The number of halogens is 1. The van der Waals surface area contributed by atoms with Crippen LogP contribution in [-0.4, -0.2) is 28.6 Å². The number of nitrogens with zero attached hydrogens (tertiary/aromatic N) is 3. The van der Waals surface area contributed by atoms with E-state index in [0.29, 0.717) is 17.8 Å². The number of methoxy groups -OCH3 is 1. The van der Waals surface area contributed by atoms with Crippen molar-refractivity contribution in [3.63, 3.8) is 0 Å². The van der Waals surface area contributed by atoms with Gasteiger partial charge in [0.1, 0.15) is 0 Å². The summed E-state index contributed by atoms with van der Waals surface area (Å²) >= 11 is 3.43. The zero-order chi connectivity index (χ0) is 13.0. The summed E-state index contributed by atoms with van der Waals surface area (Å²) in [6, 6.07) is 8.08. The summed E-state index contributed by atoms with van der Waals surface area (Å²) in [5, 5.41) is 3.05. The molecule has 94 valence electrons. The molecule has 0 radical (unpaired) electrons. The van der Waals surface area contributed by atoms with Gasteiger partial charge in [0.15, 0.2) is 5.82 Å². The molecule has 0 unspecified atom stereocenters. The minimum atomic E-state index is 0.302. The van der Waals surface area contributed by atoms with Crippen molar-refractivity contribution in [1.82, 2.24) is 15.0 Å². The molecule has 2 rings (SSSR count). The van der Waals surface area contributed by atoms with Crippen molar-refractivity contribution in [2.45, 2.75) is 6.92 Å². The van der Waals surface area contributed by atoms with Gasteiger partial charge in [-0.15, -0.1) is 0 Å². The third-order valence-electron chi connectivity index (χ3n) is 2.22. The highest BCUT2D eigenvalue weighted by atomic mass is 79.9. The fourth-order valence-electron chi connectivity index (χ4n) is 1.44. The number of benzene rings is 1. The van der Waals surface area contributed by atoms with E-state index in [1.165, 1.54) is 7.11 Å². The van der Waals surface area contributed by atoms with Gasteiger partial charge >= 0.3 is 6.01 Å². The highest BCUT2D eigenvalue weighted by Crippen LogP contribution is 2.22. The Morgan fingerprint density at radius 3 is 2.78 bits per heavy atom. The molecule has 1 aromatic carbocycles. The molecule has 6 heteroatoms.